The summed E-state index contributed by atoms with van der Waals surface area (Å²) in [7, 11) is -1.88. The van der Waals surface area contributed by atoms with Crippen LogP contribution in [-0.4, -0.2) is 12.5 Å². The summed E-state index contributed by atoms with van der Waals surface area (Å²) >= 11 is 0. The Morgan fingerprint density at radius 1 is 1.25 bits per heavy atom. The molecule has 0 aromatic heterocycles. The van der Waals surface area contributed by atoms with E-state index in [-0.39, 0.29) is 11.3 Å². The number of nitrogens with zero attached hydrogens (tertiary/aromatic N) is 3. The fourth-order valence-electron chi connectivity index (χ4n) is 1.06. The molecular formula is C10H11F2N3S. The summed E-state index contributed by atoms with van der Waals surface area (Å²) in [4.78, 5) is 0. The molecule has 0 radical (unpaired) electrons. The number of benzene rings is 1. The Morgan fingerprint density at radius 3 is 2.19 bits per heavy atom. The number of hydrogen-bond donors (Lipinski definition) is 0. The Balaban J connectivity index is 3.40. The summed E-state index contributed by atoms with van der Waals surface area (Å²) in [5.74, 6) is -1.29. The van der Waals surface area contributed by atoms with Crippen LogP contribution in [0.2, 0.25) is 0 Å². The van der Waals surface area contributed by atoms with E-state index in [4.69, 9.17) is 5.26 Å². The van der Waals surface area contributed by atoms with Crippen molar-refractivity contribution >= 4 is 15.3 Å². The highest BCUT2D eigenvalue weighted by Gasteiger charge is 2.06. The van der Waals surface area contributed by atoms with Gasteiger partial charge in [0.05, 0.1) is 5.69 Å². The number of nitriles is 1. The fraction of sp³-hybridized carbons (Fsp3) is 0.300. The zero-order chi connectivity index (χ0) is 12.3. The van der Waals surface area contributed by atoms with Gasteiger partial charge in [0.2, 0.25) is 6.19 Å². The first-order valence-electron chi connectivity index (χ1n) is 4.39. The highest BCUT2D eigenvalue weighted by molar-refractivity contribution is 7.94. The lowest BCUT2D eigenvalue weighted by atomic mass is 10.2. The second-order valence-electron chi connectivity index (χ2n) is 3.54. The molecule has 0 heterocycles. The smallest absolute Gasteiger partial charge is 0.213 e. The van der Waals surface area contributed by atoms with Crippen molar-refractivity contribution in [3.8, 4) is 6.19 Å². The molecule has 16 heavy (non-hydrogen) atoms. The SMILES string of the molecule is Cc1c(F)cc(N=S(C)(C)=NC#N)cc1F. The van der Waals surface area contributed by atoms with Crippen LogP contribution in [0.1, 0.15) is 5.56 Å². The maximum absolute atomic E-state index is 13.2. The fourth-order valence-corrected chi connectivity index (χ4v) is 1.92. The van der Waals surface area contributed by atoms with Crippen LogP contribution in [0.5, 0.6) is 0 Å². The lowest BCUT2D eigenvalue weighted by Crippen LogP contribution is -1.92. The zero-order valence-electron chi connectivity index (χ0n) is 9.16. The van der Waals surface area contributed by atoms with Crippen molar-refractivity contribution in [1.29, 1.82) is 5.26 Å². The molecule has 0 saturated heterocycles. The topological polar surface area (TPSA) is 48.5 Å². The molecule has 0 saturated carbocycles. The highest BCUT2D eigenvalue weighted by Crippen LogP contribution is 2.21. The van der Waals surface area contributed by atoms with Crippen molar-refractivity contribution in [1.82, 2.24) is 0 Å². The third kappa shape index (κ3) is 3.00. The number of rotatable bonds is 1. The van der Waals surface area contributed by atoms with E-state index in [9.17, 15) is 8.78 Å². The van der Waals surface area contributed by atoms with E-state index >= 15 is 0 Å². The summed E-state index contributed by atoms with van der Waals surface area (Å²) < 4.78 is 34.1. The van der Waals surface area contributed by atoms with Crippen LogP contribution in [0.3, 0.4) is 0 Å². The van der Waals surface area contributed by atoms with Crippen molar-refractivity contribution in [3.63, 3.8) is 0 Å². The van der Waals surface area contributed by atoms with Crippen LogP contribution in [0.4, 0.5) is 14.5 Å². The van der Waals surface area contributed by atoms with E-state index in [1.807, 2.05) is 0 Å². The molecule has 6 heteroatoms. The van der Waals surface area contributed by atoms with Gasteiger partial charge in [-0.15, -0.1) is 4.36 Å². The molecule has 0 amide bonds. The molecule has 86 valence electrons. The molecule has 0 aliphatic heterocycles. The molecule has 1 aromatic rings. The number of halogens is 2. The molecule has 0 N–H and O–H groups in total. The van der Waals surface area contributed by atoms with E-state index in [1.54, 1.807) is 18.7 Å². The molecule has 0 aliphatic rings. The van der Waals surface area contributed by atoms with Gasteiger partial charge in [-0.25, -0.2) is 13.1 Å². The second-order valence-corrected chi connectivity index (χ2v) is 6.34. The summed E-state index contributed by atoms with van der Waals surface area (Å²) in [6, 6.07) is 2.28. The Hall–Kier alpha value is -1.48. The van der Waals surface area contributed by atoms with E-state index in [0.717, 1.165) is 12.1 Å². The molecular weight excluding hydrogens is 232 g/mol. The van der Waals surface area contributed by atoms with Crippen molar-refractivity contribution in [3.05, 3.63) is 29.3 Å². The molecule has 0 atom stereocenters. The van der Waals surface area contributed by atoms with E-state index < -0.39 is 21.3 Å². The largest absolute Gasteiger partial charge is 0.217 e. The average molecular weight is 243 g/mol. The predicted octanol–water partition coefficient (Wildman–Crippen LogP) is 3.17. The van der Waals surface area contributed by atoms with Gasteiger partial charge >= 0.3 is 0 Å². The monoisotopic (exact) mass is 243 g/mol. The molecule has 1 aromatic carbocycles. The van der Waals surface area contributed by atoms with Crippen LogP contribution in [0, 0.1) is 30.0 Å². The van der Waals surface area contributed by atoms with Gasteiger partial charge in [-0.2, -0.15) is 5.26 Å². The van der Waals surface area contributed by atoms with Crippen molar-refractivity contribution in [2.45, 2.75) is 6.92 Å². The number of hydrogen-bond acceptors (Lipinski definition) is 3. The second kappa shape index (κ2) is 4.58. The van der Waals surface area contributed by atoms with Crippen LogP contribution >= 0.6 is 0 Å². The molecule has 3 nitrogen and oxygen atoms in total. The lowest BCUT2D eigenvalue weighted by molar-refractivity contribution is 0.569. The maximum Gasteiger partial charge on any atom is 0.213 e. The third-order valence-electron chi connectivity index (χ3n) is 1.86. The third-order valence-corrected chi connectivity index (χ3v) is 3.04. The van der Waals surface area contributed by atoms with Gasteiger partial charge in [-0.3, -0.25) is 0 Å². The minimum atomic E-state index is -1.88. The molecule has 0 aliphatic carbocycles. The Kier molecular flexibility index (Phi) is 3.60. The Bertz CT molecular complexity index is 547. The van der Waals surface area contributed by atoms with E-state index in [1.165, 1.54) is 6.92 Å². The zero-order valence-corrected chi connectivity index (χ0v) is 9.98. The quantitative estimate of drug-likeness (QED) is 0.699. The molecule has 0 fully saturated rings. The summed E-state index contributed by atoms with van der Waals surface area (Å²) in [5, 5.41) is 8.43. The maximum atomic E-state index is 13.2. The van der Waals surface area contributed by atoms with Gasteiger partial charge in [0.1, 0.15) is 11.6 Å². The highest BCUT2D eigenvalue weighted by atomic mass is 32.2. The minimum Gasteiger partial charge on any atom is -0.217 e. The molecule has 0 unspecified atom stereocenters. The van der Waals surface area contributed by atoms with Gasteiger partial charge in [-0.05, 0) is 16.5 Å². The molecule has 1 rings (SSSR count). The lowest BCUT2D eigenvalue weighted by Gasteiger charge is -2.03. The van der Waals surface area contributed by atoms with Crippen LogP contribution in [0.25, 0.3) is 0 Å². The van der Waals surface area contributed by atoms with Gasteiger partial charge in [0, 0.05) is 30.2 Å². The van der Waals surface area contributed by atoms with Crippen molar-refractivity contribution in [2.75, 3.05) is 12.5 Å². The van der Waals surface area contributed by atoms with Gasteiger partial charge in [0.15, 0.2) is 0 Å². The van der Waals surface area contributed by atoms with E-state index in [2.05, 4.69) is 8.73 Å². The van der Waals surface area contributed by atoms with Gasteiger partial charge in [-0.1, -0.05) is 0 Å². The van der Waals surface area contributed by atoms with Crippen LogP contribution < -0.4 is 0 Å². The summed E-state index contributed by atoms with van der Waals surface area (Å²) in [6.45, 7) is 1.35. The molecule has 0 bridgehead atoms. The van der Waals surface area contributed by atoms with Gasteiger partial charge < -0.3 is 0 Å². The summed E-state index contributed by atoms with van der Waals surface area (Å²) in [6.07, 6.45) is 4.97. The van der Waals surface area contributed by atoms with Crippen LogP contribution in [0.15, 0.2) is 20.9 Å². The molecule has 0 spiro atoms. The minimum absolute atomic E-state index is 0.0380. The first-order valence-corrected chi connectivity index (χ1v) is 6.75. The normalized spacial score (nSPS) is 10.8. The first-order chi connectivity index (χ1) is 7.35. The Labute approximate surface area is 93.5 Å². The van der Waals surface area contributed by atoms with E-state index in [0.29, 0.717) is 0 Å². The standard InChI is InChI=1S/C10H11F2N3S/c1-7-9(11)4-8(5-10(7)12)15-16(2,3)14-6-13/h4-5H,1-3H3. The van der Waals surface area contributed by atoms with Crippen LogP contribution in [-0.2, 0) is 9.62 Å². The van der Waals surface area contributed by atoms with Gasteiger partial charge in [0.25, 0.3) is 0 Å². The van der Waals surface area contributed by atoms with Crippen molar-refractivity contribution < 1.29 is 8.78 Å². The predicted molar refractivity (Wildman–Crippen MR) is 60.4 cm³/mol. The average Bonchev–Trinajstić information content (AvgIpc) is 2.13. The summed E-state index contributed by atoms with van der Waals surface area (Å²) in [5.41, 5.74) is 0.128. The Morgan fingerprint density at radius 2 is 1.75 bits per heavy atom. The first kappa shape index (κ1) is 12.6. The van der Waals surface area contributed by atoms with Crippen molar-refractivity contribution in [2.24, 2.45) is 8.73 Å².